The Morgan fingerprint density at radius 1 is 0.600 bits per heavy atom. The van der Waals surface area contributed by atoms with Gasteiger partial charge in [-0.25, -0.2) is 0 Å². The van der Waals surface area contributed by atoms with E-state index in [4.69, 9.17) is 0 Å². The fraction of sp³-hybridized carbons (Fsp3) is 0.360. The van der Waals surface area contributed by atoms with Crippen molar-refractivity contribution in [3.63, 3.8) is 0 Å². The van der Waals surface area contributed by atoms with E-state index in [1.54, 1.807) is 0 Å². The first-order valence-corrected chi connectivity index (χ1v) is 9.28. The summed E-state index contributed by atoms with van der Waals surface area (Å²) in [6.07, 6.45) is 2.37. The zero-order valence-corrected chi connectivity index (χ0v) is 16.7. The first-order valence-electron chi connectivity index (χ1n) is 9.28. The number of hydrogen-bond donors (Lipinski definition) is 0. The molecule has 0 fully saturated rings. The number of benzene rings is 2. The fourth-order valence-electron chi connectivity index (χ4n) is 4.60. The Labute approximate surface area is 153 Å². The maximum absolute atomic E-state index is 2.38. The van der Waals surface area contributed by atoms with Gasteiger partial charge in [-0.05, 0) is 59.6 Å². The highest BCUT2D eigenvalue weighted by Gasteiger charge is 2.31. The standard InChI is InChI=1S/C25H30/c1-15-8-16(2)11-22(10-15)25(23-12-17(3)9-18(4)13-23)24-20(6)14-19(5)21(24)7/h8-14,24-25H,1-7H3. The van der Waals surface area contributed by atoms with Crippen LogP contribution < -0.4 is 0 Å². The van der Waals surface area contributed by atoms with Crippen LogP contribution in [0.1, 0.15) is 60.1 Å². The molecule has 3 rings (SSSR count). The number of rotatable bonds is 3. The van der Waals surface area contributed by atoms with Gasteiger partial charge in [0.2, 0.25) is 0 Å². The summed E-state index contributed by atoms with van der Waals surface area (Å²) in [4.78, 5) is 0. The molecule has 1 aliphatic carbocycles. The Bertz CT molecular complexity index is 785. The van der Waals surface area contributed by atoms with E-state index < -0.39 is 0 Å². The number of hydrogen-bond acceptors (Lipinski definition) is 0. The van der Waals surface area contributed by atoms with Gasteiger partial charge in [-0.2, -0.15) is 0 Å². The van der Waals surface area contributed by atoms with Gasteiger partial charge in [0.25, 0.3) is 0 Å². The van der Waals surface area contributed by atoms with Gasteiger partial charge >= 0.3 is 0 Å². The molecule has 0 saturated carbocycles. The summed E-state index contributed by atoms with van der Waals surface area (Å²) in [6, 6.07) is 14.1. The van der Waals surface area contributed by atoms with Crippen molar-refractivity contribution in [1.29, 1.82) is 0 Å². The molecule has 0 nitrogen and oxygen atoms in total. The lowest BCUT2D eigenvalue weighted by molar-refractivity contribution is 0.623. The van der Waals surface area contributed by atoms with E-state index in [0.717, 1.165) is 0 Å². The van der Waals surface area contributed by atoms with Crippen molar-refractivity contribution in [2.45, 2.75) is 54.4 Å². The summed E-state index contributed by atoms with van der Waals surface area (Å²) in [5, 5.41) is 0. The van der Waals surface area contributed by atoms with Crippen LogP contribution >= 0.6 is 0 Å². The molecule has 0 heteroatoms. The first-order chi connectivity index (χ1) is 11.8. The summed E-state index contributed by atoms with van der Waals surface area (Å²) in [7, 11) is 0. The van der Waals surface area contributed by atoms with E-state index in [9.17, 15) is 0 Å². The summed E-state index contributed by atoms with van der Waals surface area (Å²) < 4.78 is 0. The molecular formula is C25H30. The van der Waals surface area contributed by atoms with E-state index in [2.05, 4.69) is 90.9 Å². The Morgan fingerprint density at radius 3 is 1.32 bits per heavy atom. The molecule has 2 aromatic carbocycles. The van der Waals surface area contributed by atoms with Crippen LogP contribution in [0.3, 0.4) is 0 Å². The largest absolute Gasteiger partial charge is 0.0649 e. The smallest absolute Gasteiger partial charge is 0.0193 e. The van der Waals surface area contributed by atoms with Crippen molar-refractivity contribution in [2.24, 2.45) is 5.92 Å². The molecule has 0 N–H and O–H groups in total. The summed E-state index contributed by atoms with van der Waals surface area (Å²) in [5.74, 6) is 0.841. The van der Waals surface area contributed by atoms with Crippen LogP contribution in [0.15, 0.2) is 59.2 Å². The molecule has 2 aromatic rings. The molecule has 0 radical (unpaired) electrons. The second kappa shape index (κ2) is 6.67. The van der Waals surface area contributed by atoms with Crippen molar-refractivity contribution < 1.29 is 0 Å². The maximum atomic E-state index is 2.38. The molecule has 1 atom stereocenters. The van der Waals surface area contributed by atoms with Crippen LogP contribution in [0.25, 0.3) is 0 Å². The van der Waals surface area contributed by atoms with Crippen LogP contribution in [-0.4, -0.2) is 0 Å². The lowest BCUT2D eigenvalue weighted by Crippen LogP contribution is -2.16. The van der Waals surface area contributed by atoms with E-state index in [1.807, 2.05) is 0 Å². The van der Waals surface area contributed by atoms with Gasteiger partial charge in [0.1, 0.15) is 0 Å². The van der Waals surface area contributed by atoms with Gasteiger partial charge in [-0.3, -0.25) is 0 Å². The molecule has 0 amide bonds. The van der Waals surface area contributed by atoms with Crippen LogP contribution in [0.5, 0.6) is 0 Å². The molecule has 0 aliphatic heterocycles. The zero-order valence-electron chi connectivity index (χ0n) is 16.7. The average molecular weight is 331 g/mol. The molecule has 0 heterocycles. The number of allylic oxidation sites excluding steroid dienone is 4. The van der Waals surface area contributed by atoms with Crippen molar-refractivity contribution in [1.82, 2.24) is 0 Å². The van der Waals surface area contributed by atoms with Gasteiger partial charge in [-0.1, -0.05) is 81.4 Å². The van der Waals surface area contributed by atoms with Gasteiger partial charge in [0.05, 0.1) is 0 Å². The third-order valence-electron chi connectivity index (χ3n) is 5.56. The average Bonchev–Trinajstić information content (AvgIpc) is 2.72. The molecule has 0 bridgehead atoms. The van der Waals surface area contributed by atoms with E-state index >= 15 is 0 Å². The Hall–Kier alpha value is -2.08. The molecule has 1 unspecified atom stereocenters. The van der Waals surface area contributed by atoms with Crippen LogP contribution in [0, 0.1) is 33.6 Å². The molecule has 0 aromatic heterocycles. The normalized spacial score (nSPS) is 17.4. The van der Waals surface area contributed by atoms with Crippen LogP contribution in [0.4, 0.5) is 0 Å². The summed E-state index contributed by atoms with van der Waals surface area (Å²) >= 11 is 0. The topological polar surface area (TPSA) is 0 Å². The zero-order chi connectivity index (χ0) is 18.3. The van der Waals surface area contributed by atoms with Gasteiger partial charge in [0.15, 0.2) is 0 Å². The van der Waals surface area contributed by atoms with Crippen molar-refractivity contribution >= 4 is 0 Å². The highest BCUT2D eigenvalue weighted by Crippen LogP contribution is 2.45. The molecule has 130 valence electrons. The maximum Gasteiger partial charge on any atom is 0.0193 e. The highest BCUT2D eigenvalue weighted by molar-refractivity contribution is 5.49. The van der Waals surface area contributed by atoms with Gasteiger partial charge in [0, 0.05) is 11.8 Å². The Morgan fingerprint density at radius 2 is 1.00 bits per heavy atom. The van der Waals surface area contributed by atoms with Crippen molar-refractivity contribution in [2.75, 3.05) is 0 Å². The van der Waals surface area contributed by atoms with Crippen LogP contribution in [0.2, 0.25) is 0 Å². The molecule has 0 spiro atoms. The highest BCUT2D eigenvalue weighted by atomic mass is 14.3. The molecule has 1 aliphatic rings. The minimum absolute atomic E-state index is 0.380. The van der Waals surface area contributed by atoms with E-state index in [1.165, 1.54) is 50.1 Å². The van der Waals surface area contributed by atoms with Crippen molar-refractivity contribution in [3.8, 4) is 0 Å². The third-order valence-corrected chi connectivity index (χ3v) is 5.56. The second-order valence-electron chi connectivity index (χ2n) is 8.05. The SMILES string of the molecule is CC1=CC(C)=C(C)C1C(c1cc(C)cc(C)c1)c1cc(C)cc(C)c1. The Balaban J connectivity index is 2.23. The Kier molecular flexibility index (Phi) is 4.73. The summed E-state index contributed by atoms with van der Waals surface area (Å²) in [5.41, 5.74) is 12.7. The first kappa shape index (κ1) is 17.7. The number of aryl methyl sites for hydroxylation is 4. The lowest BCUT2D eigenvalue weighted by atomic mass is 9.74. The van der Waals surface area contributed by atoms with Crippen molar-refractivity contribution in [3.05, 3.63) is 92.6 Å². The quantitative estimate of drug-likeness (QED) is 0.570. The monoisotopic (exact) mass is 330 g/mol. The van der Waals surface area contributed by atoms with Gasteiger partial charge in [-0.15, -0.1) is 0 Å². The fourth-order valence-corrected chi connectivity index (χ4v) is 4.60. The van der Waals surface area contributed by atoms with Gasteiger partial charge < -0.3 is 0 Å². The predicted octanol–water partition coefficient (Wildman–Crippen LogP) is 6.96. The molecular weight excluding hydrogens is 300 g/mol. The second-order valence-corrected chi connectivity index (χ2v) is 8.05. The predicted molar refractivity (Wildman–Crippen MR) is 109 cm³/mol. The van der Waals surface area contributed by atoms with Crippen LogP contribution in [-0.2, 0) is 0 Å². The lowest BCUT2D eigenvalue weighted by Gasteiger charge is -2.29. The third kappa shape index (κ3) is 3.49. The molecule has 25 heavy (non-hydrogen) atoms. The van der Waals surface area contributed by atoms with E-state index in [0.29, 0.717) is 11.8 Å². The molecule has 0 saturated heterocycles. The minimum Gasteiger partial charge on any atom is -0.0649 e. The minimum atomic E-state index is 0.380. The summed E-state index contributed by atoms with van der Waals surface area (Å²) in [6.45, 7) is 15.7. The van der Waals surface area contributed by atoms with E-state index in [-0.39, 0.29) is 0 Å².